The van der Waals surface area contributed by atoms with E-state index in [-0.39, 0.29) is 17.4 Å². The number of benzene rings is 2. The fraction of sp³-hybridized carbons (Fsp3) is 0.310. The van der Waals surface area contributed by atoms with Crippen molar-refractivity contribution in [1.29, 1.82) is 0 Å². The maximum Gasteiger partial charge on any atom is 0.227 e. The summed E-state index contributed by atoms with van der Waals surface area (Å²) in [6, 6.07) is 21.0. The van der Waals surface area contributed by atoms with Crippen LogP contribution in [0.2, 0.25) is 0 Å². The standard InChI is InChI=1S/C29H30N6O/c30-26(36)21-11-15-35(16-12-21)28-32-18-22-17-24(19-5-2-1-3-6-19)25(33-27(22)34-28)20-7-9-23(10-8-20)29(31)13-4-14-29/h1-3,5-10,17-18,21H,4,11-16,31H2,(H2,30,36). The number of carbonyl (C=O) groups is 1. The van der Waals surface area contributed by atoms with Crippen molar-refractivity contribution in [3.05, 3.63) is 72.4 Å². The molecule has 0 spiro atoms. The maximum atomic E-state index is 11.5. The molecule has 2 aromatic heterocycles. The van der Waals surface area contributed by atoms with Crippen molar-refractivity contribution in [3.8, 4) is 22.4 Å². The molecule has 0 bridgehead atoms. The second-order valence-corrected chi connectivity index (χ2v) is 10.1. The van der Waals surface area contributed by atoms with E-state index in [0.717, 1.165) is 53.5 Å². The van der Waals surface area contributed by atoms with Crippen molar-refractivity contribution in [3.63, 3.8) is 0 Å². The monoisotopic (exact) mass is 478 g/mol. The Labute approximate surface area is 210 Å². The quantitative estimate of drug-likeness (QED) is 0.440. The average molecular weight is 479 g/mol. The molecule has 1 aliphatic carbocycles. The van der Waals surface area contributed by atoms with Crippen LogP contribution in [0.25, 0.3) is 33.4 Å². The highest BCUT2D eigenvalue weighted by Crippen LogP contribution is 2.40. The summed E-state index contributed by atoms with van der Waals surface area (Å²) in [6.45, 7) is 1.41. The van der Waals surface area contributed by atoms with Crippen LogP contribution in [0.5, 0.6) is 0 Å². The van der Waals surface area contributed by atoms with Gasteiger partial charge in [0.25, 0.3) is 0 Å². The van der Waals surface area contributed by atoms with Gasteiger partial charge in [0.15, 0.2) is 5.65 Å². The molecule has 36 heavy (non-hydrogen) atoms. The lowest BCUT2D eigenvalue weighted by Crippen LogP contribution is -2.43. The number of amides is 1. The van der Waals surface area contributed by atoms with Gasteiger partial charge < -0.3 is 16.4 Å². The predicted molar refractivity (Wildman–Crippen MR) is 142 cm³/mol. The van der Waals surface area contributed by atoms with Gasteiger partial charge in [0.05, 0.1) is 5.69 Å². The smallest absolute Gasteiger partial charge is 0.227 e. The Morgan fingerprint density at radius 3 is 2.31 bits per heavy atom. The molecule has 4 aromatic rings. The van der Waals surface area contributed by atoms with Crippen molar-refractivity contribution in [2.45, 2.75) is 37.6 Å². The minimum absolute atomic E-state index is 0.0737. The highest BCUT2D eigenvalue weighted by atomic mass is 16.1. The molecular formula is C29H30N6O. The van der Waals surface area contributed by atoms with Crippen LogP contribution >= 0.6 is 0 Å². The third-order valence-electron chi connectivity index (χ3n) is 7.80. The number of nitrogens with two attached hydrogens (primary N) is 2. The third-order valence-corrected chi connectivity index (χ3v) is 7.80. The minimum Gasteiger partial charge on any atom is -0.369 e. The van der Waals surface area contributed by atoms with Crippen LogP contribution in [0, 0.1) is 5.92 Å². The molecule has 1 amide bonds. The van der Waals surface area contributed by atoms with E-state index in [1.54, 1.807) is 0 Å². The molecule has 0 atom stereocenters. The molecule has 0 radical (unpaired) electrons. The van der Waals surface area contributed by atoms with Gasteiger partial charge in [0.1, 0.15) is 0 Å². The number of hydrogen-bond acceptors (Lipinski definition) is 6. The number of fused-ring (bicyclic) bond motifs is 1. The molecule has 1 saturated carbocycles. The van der Waals surface area contributed by atoms with Crippen LogP contribution in [0.15, 0.2) is 66.9 Å². The zero-order valence-corrected chi connectivity index (χ0v) is 20.2. The summed E-state index contributed by atoms with van der Waals surface area (Å²) in [5, 5.41) is 0.889. The molecule has 4 N–H and O–H groups in total. The zero-order valence-electron chi connectivity index (χ0n) is 20.2. The Morgan fingerprint density at radius 2 is 1.67 bits per heavy atom. The van der Waals surface area contributed by atoms with Crippen LogP contribution in [0.3, 0.4) is 0 Å². The number of hydrogen-bond donors (Lipinski definition) is 2. The first-order chi connectivity index (χ1) is 17.5. The summed E-state index contributed by atoms with van der Waals surface area (Å²) in [4.78, 5) is 28.2. The maximum absolute atomic E-state index is 11.5. The number of primary amides is 1. The van der Waals surface area contributed by atoms with Crippen molar-refractivity contribution in [2.24, 2.45) is 17.4 Å². The molecular weight excluding hydrogens is 448 g/mol. The number of anilines is 1. The summed E-state index contributed by atoms with van der Waals surface area (Å²) >= 11 is 0. The number of aromatic nitrogens is 3. The van der Waals surface area contributed by atoms with Gasteiger partial charge in [-0.15, -0.1) is 0 Å². The van der Waals surface area contributed by atoms with Gasteiger partial charge in [-0.3, -0.25) is 4.79 Å². The Bertz CT molecular complexity index is 1410. The molecule has 1 aliphatic heterocycles. The SMILES string of the molecule is NC(=O)C1CCN(c2ncc3cc(-c4ccccc4)c(-c4ccc(C5(N)CCC5)cc4)nc3n2)CC1. The second kappa shape index (κ2) is 8.99. The van der Waals surface area contributed by atoms with E-state index in [1.807, 2.05) is 24.4 Å². The van der Waals surface area contributed by atoms with E-state index in [1.165, 1.54) is 12.0 Å². The highest BCUT2D eigenvalue weighted by Gasteiger charge is 2.34. The van der Waals surface area contributed by atoms with E-state index in [0.29, 0.717) is 24.7 Å². The van der Waals surface area contributed by atoms with Crippen LogP contribution < -0.4 is 16.4 Å². The summed E-state index contributed by atoms with van der Waals surface area (Å²) in [5.74, 6) is 0.342. The molecule has 0 unspecified atom stereocenters. The lowest BCUT2D eigenvalue weighted by Gasteiger charge is -2.38. The Hall–Kier alpha value is -3.84. The zero-order chi connectivity index (χ0) is 24.7. The van der Waals surface area contributed by atoms with Gasteiger partial charge in [0.2, 0.25) is 11.9 Å². The van der Waals surface area contributed by atoms with Gasteiger partial charge in [-0.25, -0.2) is 9.97 Å². The highest BCUT2D eigenvalue weighted by molar-refractivity contribution is 5.90. The fourth-order valence-electron chi connectivity index (χ4n) is 5.34. The molecule has 2 aliphatic rings. The first kappa shape index (κ1) is 22.6. The van der Waals surface area contributed by atoms with E-state index in [9.17, 15) is 4.79 Å². The Balaban J connectivity index is 1.40. The summed E-state index contributed by atoms with van der Waals surface area (Å²) in [5.41, 5.74) is 17.8. The Morgan fingerprint density at radius 1 is 0.944 bits per heavy atom. The molecule has 6 rings (SSSR count). The van der Waals surface area contributed by atoms with E-state index >= 15 is 0 Å². The number of carbonyl (C=O) groups excluding carboxylic acids is 1. The molecule has 2 fully saturated rings. The van der Waals surface area contributed by atoms with Crippen molar-refractivity contribution in [2.75, 3.05) is 18.0 Å². The van der Waals surface area contributed by atoms with Gasteiger partial charge in [-0.1, -0.05) is 54.6 Å². The van der Waals surface area contributed by atoms with Gasteiger partial charge in [-0.05, 0) is 49.3 Å². The first-order valence-electron chi connectivity index (χ1n) is 12.7. The third kappa shape index (κ3) is 4.09. The topological polar surface area (TPSA) is 111 Å². The summed E-state index contributed by atoms with van der Waals surface area (Å²) in [6.07, 6.45) is 6.54. The summed E-state index contributed by atoms with van der Waals surface area (Å²) in [7, 11) is 0. The lowest BCUT2D eigenvalue weighted by molar-refractivity contribution is -0.122. The van der Waals surface area contributed by atoms with Crippen LogP contribution in [-0.2, 0) is 10.3 Å². The summed E-state index contributed by atoms with van der Waals surface area (Å²) < 4.78 is 0. The minimum atomic E-state index is -0.224. The van der Waals surface area contributed by atoms with Crippen molar-refractivity contribution < 1.29 is 4.79 Å². The molecule has 2 aromatic carbocycles. The largest absolute Gasteiger partial charge is 0.369 e. The van der Waals surface area contributed by atoms with E-state index in [4.69, 9.17) is 21.4 Å². The van der Waals surface area contributed by atoms with Gasteiger partial charge in [0, 0.05) is 47.3 Å². The normalized spacial score (nSPS) is 17.6. The number of nitrogens with zero attached hydrogens (tertiary/aromatic N) is 4. The molecule has 7 heteroatoms. The van der Waals surface area contributed by atoms with Crippen LogP contribution in [0.1, 0.15) is 37.7 Å². The van der Waals surface area contributed by atoms with Crippen molar-refractivity contribution in [1.82, 2.24) is 15.0 Å². The molecule has 7 nitrogen and oxygen atoms in total. The lowest BCUT2D eigenvalue weighted by atomic mass is 9.72. The predicted octanol–water partition coefficient (Wildman–Crippen LogP) is 4.40. The Kier molecular flexibility index (Phi) is 5.64. The van der Waals surface area contributed by atoms with Crippen LogP contribution in [-0.4, -0.2) is 33.9 Å². The van der Waals surface area contributed by atoms with Crippen LogP contribution in [0.4, 0.5) is 5.95 Å². The number of pyridine rings is 1. The number of rotatable bonds is 5. The first-order valence-corrected chi connectivity index (χ1v) is 12.7. The van der Waals surface area contributed by atoms with Gasteiger partial charge >= 0.3 is 0 Å². The number of piperidine rings is 1. The average Bonchev–Trinajstić information content (AvgIpc) is 2.91. The molecule has 3 heterocycles. The fourth-order valence-corrected chi connectivity index (χ4v) is 5.34. The van der Waals surface area contributed by atoms with Crippen molar-refractivity contribution >= 4 is 22.9 Å². The molecule has 1 saturated heterocycles. The van der Waals surface area contributed by atoms with E-state index in [2.05, 4.69) is 52.3 Å². The van der Waals surface area contributed by atoms with E-state index < -0.39 is 0 Å². The van der Waals surface area contributed by atoms with Gasteiger partial charge in [-0.2, -0.15) is 4.98 Å². The second-order valence-electron chi connectivity index (χ2n) is 10.1. The molecule has 182 valence electrons.